The zero-order valence-corrected chi connectivity index (χ0v) is 23.5. The number of ether oxygens (including phenoxy) is 1. The maximum absolute atomic E-state index is 13.5. The summed E-state index contributed by atoms with van der Waals surface area (Å²) in [5.41, 5.74) is 6.20. The maximum atomic E-state index is 13.5. The number of rotatable bonds is 7. The molecule has 0 bridgehead atoms. The molecule has 1 N–H and O–H groups in total. The third kappa shape index (κ3) is 5.99. The Kier molecular flexibility index (Phi) is 8.15. The first kappa shape index (κ1) is 27.8. The summed E-state index contributed by atoms with van der Waals surface area (Å²) in [4.78, 5) is 31.7. The summed E-state index contributed by atoms with van der Waals surface area (Å²) < 4.78 is 20.9. The van der Waals surface area contributed by atoms with Crippen LogP contribution >= 0.6 is 0 Å². The van der Waals surface area contributed by atoms with Gasteiger partial charge in [-0.15, -0.1) is 0 Å². The molecule has 0 spiro atoms. The van der Waals surface area contributed by atoms with E-state index in [4.69, 9.17) is 9.72 Å². The molecule has 1 amide bonds. The van der Waals surface area contributed by atoms with Gasteiger partial charge < -0.3 is 19.3 Å². The zero-order valence-electron chi connectivity index (χ0n) is 23.5. The Hall–Kier alpha value is -4.30. The van der Waals surface area contributed by atoms with Crippen LogP contribution in [0.15, 0.2) is 66.7 Å². The molecule has 1 aliphatic heterocycles. The van der Waals surface area contributed by atoms with Crippen molar-refractivity contribution in [1.29, 1.82) is 0 Å². The summed E-state index contributed by atoms with van der Waals surface area (Å²) >= 11 is 0. The van der Waals surface area contributed by atoms with Crippen molar-refractivity contribution in [3.8, 4) is 22.5 Å². The summed E-state index contributed by atoms with van der Waals surface area (Å²) in [7, 11) is 0. The van der Waals surface area contributed by atoms with Crippen LogP contribution < -0.4 is 0 Å². The molecule has 2 fully saturated rings. The number of morpholine rings is 1. The molecule has 0 unspecified atom stereocenters. The Balaban J connectivity index is 1.45. The number of benzene rings is 2. The van der Waals surface area contributed by atoms with Crippen LogP contribution in [0.1, 0.15) is 49.3 Å². The first-order valence-corrected chi connectivity index (χ1v) is 14.6. The number of nitrogens with zero attached hydrogens (tertiary/aromatic N) is 3. The van der Waals surface area contributed by atoms with Crippen molar-refractivity contribution >= 4 is 28.9 Å². The van der Waals surface area contributed by atoms with Gasteiger partial charge in [0.15, 0.2) is 0 Å². The standard InChI is InChI=1S/C34H34FN3O4/c35-27-10-6-24(7-11-27)30-13-8-25-20-26(9-14-31(25)36-30)34-29(23-4-2-1-3-5-23)21-28(12-15-33(40)41)38(34)22-32(39)37-16-18-42-19-17-37/h6-15,20-21,23H,1-5,16-19,22H2,(H,40,41). The van der Waals surface area contributed by atoms with Gasteiger partial charge in [-0.2, -0.15) is 0 Å². The van der Waals surface area contributed by atoms with Gasteiger partial charge in [0.2, 0.25) is 5.91 Å². The largest absolute Gasteiger partial charge is 0.478 e. The number of fused-ring (bicyclic) bond motifs is 1. The smallest absolute Gasteiger partial charge is 0.328 e. The summed E-state index contributed by atoms with van der Waals surface area (Å²) in [6, 6.07) is 18.4. The first-order valence-electron chi connectivity index (χ1n) is 14.6. The summed E-state index contributed by atoms with van der Waals surface area (Å²) in [5.74, 6) is -0.996. The molecular formula is C34H34FN3O4. The second kappa shape index (κ2) is 12.3. The lowest BCUT2D eigenvalue weighted by Crippen LogP contribution is -2.42. The topological polar surface area (TPSA) is 84.7 Å². The van der Waals surface area contributed by atoms with Crippen LogP contribution in [-0.2, 0) is 20.9 Å². The monoisotopic (exact) mass is 567 g/mol. The molecule has 1 saturated heterocycles. The van der Waals surface area contributed by atoms with Crippen LogP contribution in [0.3, 0.4) is 0 Å². The van der Waals surface area contributed by atoms with Crippen molar-refractivity contribution in [1.82, 2.24) is 14.5 Å². The van der Waals surface area contributed by atoms with Crippen LogP contribution in [0, 0.1) is 5.82 Å². The Morgan fingerprint density at radius 1 is 0.952 bits per heavy atom. The number of halogens is 1. The van der Waals surface area contributed by atoms with E-state index >= 15 is 0 Å². The van der Waals surface area contributed by atoms with Crippen molar-refractivity contribution in [3.63, 3.8) is 0 Å². The second-order valence-electron chi connectivity index (χ2n) is 11.1. The van der Waals surface area contributed by atoms with Gasteiger partial charge in [-0.1, -0.05) is 31.4 Å². The SMILES string of the molecule is O=C(O)C=Cc1cc(C2CCCCC2)c(-c2ccc3nc(-c4ccc(F)cc4)ccc3c2)n1CC(=O)N1CCOCC1. The van der Waals surface area contributed by atoms with Gasteiger partial charge in [0, 0.05) is 35.8 Å². The normalized spacial score (nSPS) is 16.4. The number of hydrogen-bond acceptors (Lipinski definition) is 4. The lowest BCUT2D eigenvalue weighted by Gasteiger charge is -2.28. The Morgan fingerprint density at radius 2 is 1.69 bits per heavy atom. The highest BCUT2D eigenvalue weighted by molar-refractivity contribution is 5.89. The van der Waals surface area contributed by atoms with E-state index in [-0.39, 0.29) is 18.3 Å². The second-order valence-corrected chi connectivity index (χ2v) is 11.1. The summed E-state index contributed by atoms with van der Waals surface area (Å²) in [5, 5.41) is 10.4. The molecule has 3 heterocycles. The molecule has 1 aliphatic carbocycles. The molecule has 6 rings (SSSR count). The van der Waals surface area contributed by atoms with Gasteiger partial charge in [-0.3, -0.25) is 4.79 Å². The zero-order chi connectivity index (χ0) is 29.1. The van der Waals surface area contributed by atoms with E-state index in [0.717, 1.165) is 70.7 Å². The molecular weight excluding hydrogens is 533 g/mol. The van der Waals surface area contributed by atoms with Crippen molar-refractivity contribution in [2.45, 2.75) is 44.6 Å². The quantitative estimate of drug-likeness (QED) is 0.257. The molecule has 2 aromatic carbocycles. The van der Waals surface area contributed by atoms with Crippen molar-refractivity contribution in [2.24, 2.45) is 0 Å². The molecule has 2 aliphatic rings. The Morgan fingerprint density at radius 3 is 2.43 bits per heavy atom. The number of aromatic nitrogens is 2. The van der Waals surface area contributed by atoms with Crippen molar-refractivity contribution < 1.29 is 23.8 Å². The fourth-order valence-electron chi connectivity index (χ4n) is 6.21. The minimum Gasteiger partial charge on any atom is -0.478 e. The number of hydrogen-bond donors (Lipinski definition) is 1. The highest BCUT2D eigenvalue weighted by atomic mass is 19.1. The highest BCUT2D eigenvalue weighted by Crippen LogP contribution is 2.41. The lowest BCUT2D eigenvalue weighted by molar-refractivity contribution is -0.136. The average molecular weight is 568 g/mol. The van der Waals surface area contributed by atoms with E-state index in [0.29, 0.717) is 37.9 Å². The third-order valence-electron chi connectivity index (χ3n) is 8.36. The third-order valence-corrected chi connectivity index (χ3v) is 8.36. The number of aliphatic carboxylic acids is 1. The molecule has 0 radical (unpaired) electrons. The minimum atomic E-state index is -1.03. The summed E-state index contributed by atoms with van der Waals surface area (Å²) in [6.45, 7) is 2.23. The molecule has 4 aromatic rings. The predicted molar refractivity (Wildman–Crippen MR) is 160 cm³/mol. The van der Waals surface area contributed by atoms with E-state index in [2.05, 4.69) is 12.1 Å². The van der Waals surface area contributed by atoms with Gasteiger partial charge in [0.1, 0.15) is 12.4 Å². The van der Waals surface area contributed by atoms with Gasteiger partial charge in [0.25, 0.3) is 0 Å². The molecule has 42 heavy (non-hydrogen) atoms. The lowest BCUT2D eigenvalue weighted by atomic mass is 9.83. The first-order chi connectivity index (χ1) is 20.5. The number of pyridine rings is 1. The maximum Gasteiger partial charge on any atom is 0.328 e. The highest BCUT2D eigenvalue weighted by Gasteiger charge is 2.27. The van der Waals surface area contributed by atoms with Gasteiger partial charge in [0.05, 0.1) is 30.1 Å². The molecule has 2 aromatic heterocycles. The molecule has 8 heteroatoms. The van der Waals surface area contributed by atoms with Crippen LogP contribution in [0.5, 0.6) is 0 Å². The number of carbonyl (C=O) groups is 2. The van der Waals surface area contributed by atoms with Gasteiger partial charge in [-0.25, -0.2) is 14.2 Å². The number of carboxylic acid groups (broad SMARTS) is 1. The van der Waals surface area contributed by atoms with Crippen LogP contribution in [0.4, 0.5) is 4.39 Å². The molecule has 1 saturated carbocycles. The van der Waals surface area contributed by atoms with E-state index in [1.54, 1.807) is 18.2 Å². The average Bonchev–Trinajstić information content (AvgIpc) is 3.38. The van der Waals surface area contributed by atoms with Crippen LogP contribution in [0.25, 0.3) is 39.5 Å². The molecule has 7 nitrogen and oxygen atoms in total. The minimum absolute atomic E-state index is 0.0123. The van der Waals surface area contributed by atoms with E-state index < -0.39 is 5.97 Å². The van der Waals surface area contributed by atoms with E-state index in [1.165, 1.54) is 18.6 Å². The van der Waals surface area contributed by atoms with E-state index in [9.17, 15) is 19.1 Å². The van der Waals surface area contributed by atoms with Crippen LogP contribution in [-0.4, -0.2) is 57.7 Å². The summed E-state index contributed by atoms with van der Waals surface area (Å²) in [6.07, 6.45) is 8.38. The van der Waals surface area contributed by atoms with Crippen molar-refractivity contribution in [3.05, 3.63) is 83.8 Å². The number of carboxylic acids is 1. The predicted octanol–water partition coefficient (Wildman–Crippen LogP) is 6.51. The Bertz CT molecular complexity index is 1630. The van der Waals surface area contributed by atoms with Gasteiger partial charge >= 0.3 is 5.97 Å². The number of amides is 1. The fourth-order valence-corrected chi connectivity index (χ4v) is 6.21. The fraction of sp³-hybridized carbons (Fsp3) is 0.324. The van der Waals surface area contributed by atoms with Crippen LogP contribution in [0.2, 0.25) is 0 Å². The number of carbonyl (C=O) groups excluding carboxylic acids is 1. The van der Waals surface area contributed by atoms with Crippen molar-refractivity contribution in [2.75, 3.05) is 26.3 Å². The molecule has 216 valence electrons. The Labute approximate surface area is 244 Å². The van der Waals surface area contributed by atoms with E-state index in [1.807, 2.05) is 33.7 Å². The van der Waals surface area contributed by atoms with Gasteiger partial charge in [-0.05, 0) is 84.5 Å². The molecule has 0 atom stereocenters.